The van der Waals surface area contributed by atoms with Crippen LogP contribution in [0.25, 0.3) is 0 Å². The van der Waals surface area contributed by atoms with E-state index in [2.05, 4.69) is 34.7 Å². The minimum absolute atomic E-state index is 0.0514. The van der Waals surface area contributed by atoms with Gasteiger partial charge >= 0.3 is 0 Å². The van der Waals surface area contributed by atoms with Crippen molar-refractivity contribution in [2.24, 2.45) is 0 Å². The summed E-state index contributed by atoms with van der Waals surface area (Å²) in [4.78, 5) is 12.6. The number of hydrogen-bond acceptors (Lipinski definition) is 4. The Morgan fingerprint density at radius 1 is 1.10 bits per heavy atom. The summed E-state index contributed by atoms with van der Waals surface area (Å²) in [5.74, 6) is 1.42. The van der Waals surface area contributed by atoms with Crippen LogP contribution in [0, 0.1) is 13.8 Å². The van der Waals surface area contributed by atoms with Gasteiger partial charge in [-0.15, -0.1) is 0 Å². The highest BCUT2D eigenvalue weighted by molar-refractivity contribution is 5.94. The predicted octanol–water partition coefficient (Wildman–Crippen LogP) is 4.72. The van der Waals surface area contributed by atoms with Gasteiger partial charge in [-0.05, 0) is 56.5 Å². The minimum atomic E-state index is -0.0514. The van der Waals surface area contributed by atoms with Gasteiger partial charge in [0, 0.05) is 17.5 Å². The van der Waals surface area contributed by atoms with Gasteiger partial charge in [0.25, 0.3) is 5.91 Å². The molecular formula is C24H26N2O3. The summed E-state index contributed by atoms with van der Waals surface area (Å²) in [6, 6.07) is 17.7. The molecule has 0 atom stereocenters. The van der Waals surface area contributed by atoms with Crippen molar-refractivity contribution in [2.45, 2.75) is 45.1 Å². The van der Waals surface area contributed by atoms with Crippen LogP contribution in [0.4, 0.5) is 0 Å². The molecule has 0 radical (unpaired) electrons. The molecule has 1 saturated carbocycles. The molecule has 1 heterocycles. The highest BCUT2D eigenvalue weighted by Crippen LogP contribution is 2.43. The van der Waals surface area contributed by atoms with Crippen molar-refractivity contribution in [2.75, 3.05) is 6.54 Å². The summed E-state index contributed by atoms with van der Waals surface area (Å²) in [6.07, 6.45) is 3.44. The molecule has 1 aromatic heterocycles. The van der Waals surface area contributed by atoms with Crippen LogP contribution in [0.5, 0.6) is 5.75 Å². The average Bonchev–Trinajstić information content (AvgIpc) is 3.04. The third kappa shape index (κ3) is 4.04. The minimum Gasteiger partial charge on any atom is -0.489 e. The van der Waals surface area contributed by atoms with Crippen LogP contribution < -0.4 is 10.1 Å². The van der Waals surface area contributed by atoms with Gasteiger partial charge in [0.1, 0.15) is 18.1 Å². The first-order valence-corrected chi connectivity index (χ1v) is 10.1. The van der Waals surface area contributed by atoms with Crippen molar-refractivity contribution >= 4 is 5.91 Å². The summed E-state index contributed by atoms with van der Waals surface area (Å²) in [7, 11) is 0. The molecule has 1 fully saturated rings. The van der Waals surface area contributed by atoms with Gasteiger partial charge in [-0.2, -0.15) is 0 Å². The molecule has 1 aliphatic rings. The molecule has 0 aliphatic heterocycles. The van der Waals surface area contributed by atoms with E-state index in [-0.39, 0.29) is 11.3 Å². The summed E-state index contributed by atoms with van der Waals surface area (Å²) >= 11 is 0. The van der Waals surface area contributed by atoms with Crippen LogP contribution in [0.15, 0.2) is 59.1 Å². The molecule has 4 rings (SSSR count). The Morgan fingerprint density at radius 2 is 1.83 bits per heavy atom. The lowest BCUT2D eigenvalue weighted by Gasteiger charge is -2.42. The Kier molecular flexibility index (Phi) is 5.38. The summed E-state index contributed by atoms with van der Waals surface area (Å²) in [5, 5.41) is 7.06. The van der Waals surface area contributed by atoms with Crippen molar-refractivity contribution in [3.8, 4) is 5.75 Å². The normalized spacial score (nSPS) is 14.8. The number of aryl methyl sites for hydroxylation is 2. The van der Waals surface area contributed by atoms with E-state index in [0.29, 0.717) is 24.5 Å². The maximum absolute atomic E-state index is 12.6. The van der Waals surface area contributed by atoms with Crippen molar-refractivity contribution in [3.05, 3.63) is 82.7 Å². The lowest BCUT2D eigenvalue weighted by molar-refractivity contribution is 0.0928. The molecule has 0 spiro atoms. The molecule has 1 N–H and O–H groups in total. The Hall–Kier alpha value is -3.08. The number of benzene rings is 2. The smallest absolute Gasteiger partial charge is 0.251 e. The van der Waals surface area contributed by atoms with Crippen molar-refractivity contribution in [1.82, 2.24) is 10.5 Å². The zero-order chi connectivity index (χ0) is 20.3. The van der Waals surface area contributed by atoms with E-state index in [0.717, 1.165) is 29.9 Å². The quantitative estimate of drug-likeness (QED) is 0.634. The second-order valence-corrected chi connectivity index (χ2v) is 7.80. The molecular weight excluding hydrogens is 364 g/mol. The van der Waals surface area contributed by atoms with Gasteiger partial charge < -0.3 is 14.6 Å². The maximum Gasteiger partial charge on any atom is 0.251 e. The van der Waals surface area contributed by atoms with E-state index in [4.69, 9.17) is 9.26 Å². The Bertz CT molecular complexity index is 954. The highest BCUT2D eigenvalue weighted by Gasteiger charge is 2.38. The third-order valence-electron chi connectivity index (χ3n) is 5.97. The first-order chi connectivity index (χ1) is 14.1. The summed E-state index contributed by atoms with van der Waals surface area (Å²) < 4.78 is 11.0. The number of amides is 1. The fraction of sp³-hybridized carbons (Fsp3) is 0.333. The number of carbonyl (C=O) groups excluding carboxylic acids is 1. The Morgan fingerprint density at radius 3 is 2.41 bits per heavy atom. The topological polar surface area (TPSA) is 64.4 Å². The van der Waals surface area contributed by atoms with Crippen LogP contribution in [0.1, 0.15) is 52.2 Å². The molecule has 0 unspecified atom stereocenters. The van der Waals surface area contributed by atoms with Crippen LogP contribution in [0.3, 0.4) is 0 Å². The lowest BCUT2D eigenvalue weighted by atomic mass is 9.64. The number of rotatable bonds is 7. The standard InChI is InChI=1S/C24H26N2O3/c1-17-22(18(2)29-26-17)15-28-21-11-9-19(10-12-21)23(27)25-16-24(13-6-14-24)20-7-4-3-5-8-20/h3-5,7-12H,6,13-16H2,1-2H3,(H,25,27). The molecule has 2 aromatic carbocycles. The molecule has 150 valence electrons. The average molecular weight is 390 g/mol. The largest absolute Gasteiger partial charge is 0.489 e. The number of hydrogen-bond donors (Lipinski definition) is 1. The number of carbonyl (C=O) groups is 1. The number of nitrogens with one attached hydrogen (secondary N) is 1. The third-order valence-corrected chi connectivity index (χ3v) is 5.97. The first kappa shape index (κ1) is 19.2. The second-order valence-electron chi connectivity index (χ2n) is 7.80. The zero-order valence-corrected chi connectivity index (χ0v) is 16.9. The fourth-order valence-corrected chi connectivity index (χ4v) is 3.88. The first-order valence-electron chi connectivity index (χ1n) is 10.1. The van der Waals surface area contributed by atoms with Crippen LogP contribution >= 0.6 is 0 Å². The maximum atomic E-state index is 12.6. The van der Waals surface area contributed by atoms with E-state index < -0.39 is 0 Å². The molecule has 1 aliphatic carbocycles. The molecule has 3 aromatic rings. The van der Waals surface area contributed by atoms with Crippen molar-refractivity contribution in [1.29, 1.82) is 0 Å². The van der Waals surface area contributed by atoms with Gasteiger partial charge in [-0.1, -0.05) is 41.9 Å². The van der Waals surface area contributed by atoms with Crippen molar-refractivity contribution < 1.29 is 14.1 Å². The molecule has 1 amide bonds. The van der Waals surface area contributed by atoms with Crippen LogP contribution in [-0.4, -0.2) is 17.6 Å². The number of nitrogens with zero attached hydrogens (tertiary/aromatic N) is 1. The van der Waals surface area contributed by atoms with E-state index in [1.807, 2.05) is 32.0 Å². The van der Waals surface area contributed by atoms with Gasteiger partial charge in [-0.3, -0.25) is 4.79 Å². The van der Waals surface area contributed by atoms with Crippen molar-refractivity contribution in [3.63, 3.8) is 0 Å². The summed E-state index contributed by atoms with van der Waals surface area (Å²) in [6.45, 7) is 4.83. The van der Waals surface area contributed by atoms with Gasteiger partial charge in [0.15, 0.2) is 0 Å². The highest BCUT2D eigenvalue weighted by atomic mass is 16.5. The van der Waals surface area contributed by atoms with E-state index >= 15 is 0 Å². The second kappa shape index (κ2) is 8.11. The van der Waals surface area contributed by atoms with E-state index in [1.165, 1.54) is 12.0 Å². The fourth-order valence-electron chi connectivity index (χ4n) is 3.88. The molecule has 5 heteroatoms. The van der Waals surface area contributed by atoms with Crippen LogP contribution in [0.2, 0.25) is 0 Å². The van der Waals surface area contributed by atoms with Gasteiger partial charge in [0.05, 0.1) is 11.3 Å². The van der Waals surface area contributed by atoms with Gasteiger partial charge in [0.2, 0.25) is 0 Å². The molecule has 0 bridgehead atoms. The predicted molar refractivity (Wildman–Crippen MR) is 111 cm³/mol. The monoisotopic (exact) mass is 390 g/mol. The Balaban J connectivity index is 1.35. The van der Waals surface area contributed by atoms with Crippen LogP contribution in [-0.2, 0) is 12.0 Å². The number of ether oxygens (including phenoxy) is 1. The van der Waals surface area contributed by atoms with Gasteiger partial charge in [-0.25, -0.2) is 0 Å². The van der Waals surface area contributed by atoms with E-state index in [9.17, 15) is 4.79 Å². The SMILES string of the molecule is Cc1noc(C)c1COc1ccc(C(=O)NCC2(c3ccccc3)CCC2)cc1. The molecule has 5 nitrogen and oxygen atoms in total. The van der Waals surface area contributed by atoms with E-state index in [1.54, 1.807) is 12.1 Å². The lowest BCUT2D eigenvalue weighted by Crippen LogP contribution is -2.45. The summed E-state index contributed by atoms with van der Waals surface area (Å²) in [5.41, 5.74) is 3.82. The number of aromatic nitrogens is 1. The Labute approximate surface area is 171 Å². The molecule has 0 saturated heterocycles. The zero-order valence-electron chi connectivity index (χ0n) is 16.9. The molecule has 29 heavy (non-hydrogen) atoms.